The normalized spacial score (nSPS) is 11.4. The van der Waals surface area contributed by atoms with Gasteiger partial charge in [-0.25, -0.2) is 0 Å². The molecule has 21 heavy (non-hydrogen) atoms. The summed E-state index contributed by atoms with van der Waals surface area (Å²) in [5.41, 5.74) is 2.91. The third-order valence-electron chi connectivity index (χ3n) is 3.29. The van der Waals surface area contributed by atoms with E-state index in [0.29, 0.717) is 11.3 Å². The van der Waals surface area contributed by atoms with E-state index in [1.54, 1.807) is 24.3 Å². The van der Waals surface area contributed by atoms with Crippen molar-refractivity contribution in [1.29, 1.82) is 5.26 Å². The van der Waals surface area contributed by atoms with E-state index in [0.717, 1.165) is 11.1 Å². The molecule has 0 saturated carbocycles. The number of nitriles is 1. The molecule has 0 fully saturated rings. The van der Waals surface area contributed by atoms with Crippen LogP contribution in [0.15, 0.2) is 48.5 Å². The number of benzene rings is 2. The maximum atomic E-state index is 11.4. The Labute approximate surface area is 123 Å². The van der Waals surface area contributed by atoms with E-state index in [2.05, 4.69) is 11.4 Å². The maximum absolute atomic E-state index is 11.4. The van der Waals surface area contributed by atoms with E-state index in [9.17, 15) is 9.90 Å². The van der Waals surface area contributed by atoms with Gasteiger partial charge in [0.05, 0.1) is 17.2 Å². The van der Waals surface area contributed by atoms with Crippen molar-refractivity contribution in [2.45, 2.75) is 12.8 Å². The standard InChI is InChI=1S/C17H16N2O2/c1-12-7-8-16(14(9-12)10-18)19-11-15(17(20)21)13-5-3-2-4-6-13/h2-9,15,19H,11H2,1H3,(H,20,21). The average Bonchev–Trinajstić information content (AvgIpc) is 2.49. The third-order valence-corrected chi connectivity index (χ3v) is 3.29. The number of aliphatic carboxylic acids is 1. The van der Waals surface area contributed by atoms with Crippen molar-refractivity contribution < 1.29 is 9.90 Å². The SMILES string of the molecule is Cc1ccc(NCC(C(=O)O)c2ccccc2)c(C#N)c1. The van der Waals surface area contributed by atoms with Gasteiger partial charge in [0.25, 0.3) is 0 Å². The molecule has 0 bridgehead atoms. The van der Waals surface area contributed by atoms with Crippen LogP contribution in [0.4, 0.5) is 5.69 Å². The lowest BCUT2D eigenvalue weighted by Gasteiger charge is -2.15. The second kappa shape index (κ2) is 6.58. The predicted molar refractivity (Wildman–Crippen MR) is 81.2 cm³/mol. The summed E-state index contributed by atoms with van der Waals surface area (Å²) in [5.74, 6) is -1.54. The lowest BCUT2D eigenvalue weighted by molar-refractivity contribution is -0.138. The Balaban J connectivity index is 2.17. The van der Waals surface area contributed by atoms with Crippen LogP contribution in [0.3, 0.4) is 0 Å². The molecule has 2 N–H and O–H groups in total. The molecule has 0 aliphatic heterocycles. The van der Waals surface area contributed by atoms with Crippen LogP contribution in [0, 0.1) is 18.3 Å². The quantitative estimate of drug-likeness (QED) is 0.882. The molecular formula is C17H16N2O2. The second-order valence-electron chi connectivity index (χ2n) is 4.84. The lowest BCUT2D eigenvalue weighted by atomic mass is 9.99. The molecule has 2 aromatic carbocycles. The topological polar surface area (TPSA) is 73.1 Å². The van der Waals surface area contributed by atoms with Crippen molar-refractivity contribution >= 4 is 11.7 Å². The number of rotatable bonds is 5. The largest absolute Gasteiger partial charge is 0.481 e. The Bertz CT molecular complexity index is 675. The van der Waals surface area contributed by atoms with Gasteiger partial charge in [-0.3, -0.25) is 4.79 Å². The summed E-state index contributed by atoms with van der Waals surface area (Å²) in [6.07, 6.45) is 0. The number of nitrogens with zero attached hydrogens (tertiary/aromatic N) is 1. The van der Waals surface area contributed by atoms with Crippen LogP contribution in [0.2, 0.25) is 0 Å². The molecular weight excluding hydrogens is 264 g/mol. The molecule has 1 atom stereocenters. The molecule has 0 saturated heterocycles. The van der Waals surface area contributed by atoms with Crippen LogP contribution < -0.4 is 5.32 Å². The van der Waals surface area contributed by atoms with Gasteiger partial charge in [-0.1, -0.05) is 36.4 Å². The van der Waals surface area contributed by atoms with E-state index < -0.39 is 11.9 Å². The number of carboxylic acid groups (broad SMARTS) is 1. The van der Waals surface area contributed by atoms with Gasteiger partial charge in [-0.2, -0.15) is 5.26 Å². The zero-order valence-corrected chi connectivity index (χ0v) is 11.7. The van der Waals surface area contributed by atoms with E-state index in [-0.39, 0.29) is 6.54 Å². The van der Waals surface area contributed by atoms with Crippen molar-refractivity contribution in [1.82, 2.24) is 0 Å². The fraction of sp³-hybridized carbons (Fsp3) is 0.176. The Hall–Kier alpha value is -2.80. The van der Waals surface area contributed by atoms with E-state index in [4.69, 9.17) is 5.26 Å². The van der Waals surface area contributed by atoms with Gasteiger partial charge in [0.1, 0.15) is 6.07 Å². The summed E-state index contributed by atoms with van der Waals surface area (Å²) in [4.78, 5) is 11.4. The zero-order valence-electron chi connectivity index (χ0n) is 11.7. The minimum Gasteiger partial charge on any atom is -0.481 e. The van der Waals surface area contributed by atoms with Crippen molar-refractivity contribution in [2.24, 2.45) is 0 Å². The van der Waals surface area contributed by atoms with Gasteiger partial charge < -0.3 is 10.4 Å². The first-order chi connectivity index (χ1) is 10.1. The predicted octanol–water partition coefficient (Wildman–Crippen LogP) is 3.15. The first-order valence-corrected chi connectivity index (χ1v) is 6.64. The highest BCUT2D eigenvalue weighted by Gasteiger charge is 2.19. The fourth-order valence-corrected chi connectivity index (χ4v) is 2.15. The van der Waals surface area contributed by atoms with Crippen molar-refractivity contribution in [3.05, 3.63) is 65.2 Å². The van der Waals surface area contributed by atoms with Gasteiger partial charge in [-0.05, 0) is 30.2 Å². The summed E-state index contributed by atoms with van der Waals surface area (Å²) >= 11 is 0. The van der Waals surface area contributed by atoms with Crippen molar-refractivity contribution in [2.75, 3.05) is 11.9 Å². The fourth-order valence-electron chi connectivity index (χ4n) is 2.15. The van der Waals surface area contributed by atoms with E-state index in [1.807, 2.05) is 31.2 Å². The van der Waals surface area contributed by atoms with Crippen molar-refractivity contribution in [3.63, 3.8) is 0 Å². The van der Waals surface area contributed by atoms with Crippen LogP contribution in [-0.4, -0.2) is 17.6 Å². The summed E-state index contributed by atoms with van der Waals surface area (Å²) in [5, 5.41) is 21.6. The monoisotopic (exact) mass is 280 g/mol. The molecule has 0 aromatic heterocycles. The minimum absolute atomic E-state index is 0.233. The Morgan fingerprint density at radius 1 is 1.29 bits per heavy atom. The maximum Gasteiger partial charge on any atom is 0.312 e. The molecule has 0 radical (unpaired) electrons. The lowest BCUT2D eigenvalue weighted by Crippen LogP contribution is -2.21. The molecule has 1 unspecified atom stereocenters. The first-order valence-electron chi connectivity index (χ1n) is 6.64. The first kappa shape index (κ1) is 14.6. The van der Waals surface area contributed by atoms with Crippen LogP contribution in [0.1, 0.15) is 22.6 Å². The number of aryl methyl sites for hydroxylation is 1. The molecule has 2 rings (SSSR count). The Kier molecular flexibility index (Phi) is 4.57. The molecule has 0 aliphatic carbocycles. The highest BCUT2D eigenvalue weighted by molar-refractivity contribution is 5.77. The molecule has 0 heterocycles. The number of hydrogen-bond acceptors (Lipinski definition) is 3. The van der Waals surface area contributed by atoms with Gasteiger partial charge in [0.15, 0.2) is 0 Å². The number of nitrogens with one attached hydrogen (secondary N) is 1. The van der Waals surface area contributed by atoms with Crippen LogP contribution in [0.25, 0.3) is 0 Å². The number of anilines is 1. The average molecular weight is 280 g/mol. The minimum atomic E-state index is -0.890. The Morgan fingerprint density at radius 2 is 2.00 bits per heavy atom. The van der Waals surface area contributed by atoms with Gasteiger partial charge in [0.2, 0.25) is 0 Å². The molecule has 2 aromatic rings. The van der Waals surface area contributed by atoms with E-state index in [1.165, 1.54) is 0 Å². The molecule has 0 aliphatic rings. The number of carbonyl (C=O) groups is 1. The second-order valence-corrected chi connectivity index (χ2v) is 4.84. The molecule has 0 amide bonds. The van der Waals surface area contributed by atoms with Gasteiger partial charge in [0, 0.05) is 6.54 Å². The molecule has 106 valence electrons. The molecule has 4 nitrogen and oxygen atoms in total. The summed E-state index contributed by atoms with van der Waals surface area (Å²) in [7, 11) is 0. The number of hydrogen-bond donors (Lipinski definition) is 2. The van der Waals surface area contributed by atoms with Crippen molar-refractivity contribution in [3.8, 4) is 6.07 Å². The summed E-state index contributed by atoms with van der Waals surface area (Å²) in [6, 6.07) is 16.7. The van der Waals surface area contributed by atoms with Crippen LogP contribution in [0.5, 0.6) is 0 Å². The summed E-state index contributed by atoms with van der Waals surface area (Å²) < 4.78 is 0. The van der Waals surface area contributed by atoms with Gasteiger partial charge in [-0.15, -0.1) is 0 Å². The molecule has 0 spiro atoms. The van der Waals surface area contributed by atoms with E-state index >= 15 is 0 Å². The smallest absolute Gasteiger partial charge is 0.312 e. The van der Waals surface area contributed by atoms with Crippen LogP contribution in [-0.2, 0) is 4.79 Å². The number of carboxylic acids is 1. The third kappa shape index (κ3) is 3.61. The van der Waals surface area contributed by atoms with Gasteiger partial charge >= 0.3 is 5.97 Å². The summed E-state index contributed by atoms with van der Waals surface area (Å²) in [6.45, 7) is 2.14. The highest BCUT2D eigenvalue weighted by Crippen LogP contribution is 2.20. The zero-order chi connectivity index (χ0) is 15.2. The van der Waals surface area contributed by atoms with Crippen LogP contribution >= 0.6 is 0 Å². The Morgan fingerprint density at radius 3 is 2.62 bits per heavy atom. The molecule has 4 heteroatoms. The highest BCUT2D eigenvalue weighted by atomic mass is 16.4.